The van der Waals surface area contributed by atoms with E-state index in [9.17, 15) is 13.5 Å². The highest BCUT2D eigenvalue weighted by Gasteiger charge is 2.17. The van der Waals surface area contributed by atoms with E-state index in [1.165, 1.54) is 23.1 Å². The van der Waals surface area contributed by atoms with Crippen molar-refractivity contribution in [2.75, 3.05) is 4.72 Å². The molecule has 96 valence electrons. The second kappa shape index (κ2) is 4.34. The van der Waals surface area contributed by atoms with Crippen LogP contribution in [0.5, 0.6) is 5.75 Å². The highest BCUT2D eigenvalue weighted by atomic mass is 32.2. The average Bonchev–Trinajstić information content (AvgIpc) is 2.72. The van der Waals surface area contributed by atoms with Crippen molar-refractivity contribution in [3.05, 3.63) is 36.2 Å². The van der Waals surface area contributed by atoms with Crippen LogP contribution in [0.2, 0.25) is 0 Å². The first-order valence-electron chi connectivity index (χ1n) is 5.20. The van der Waals surface area contributed by atoms with Gasteiger partial charge in [0.1, 0.15) is 10.6 Å². The van der Waals surface area contributed by atoms with Gasteiger partial charge in [0.15, 0.2) is 0 Å². The van der Waals surface area contributed by atoms with Gasteiger partial charge in [0.25, 0.3) is 10.0 Å². The van der Waals surface area contributed by atoms with Gasteiger partial charge in [-0.25, -0.2) is 8.42 Å². The third kappa shape index (κ3) is 2.30. The summed E-state index contributed by atoms with van der Waals surface area (Å²) in [5, 5.41) is 13.3. The molecule has 0 spiro atoms. The van der Waals surface area contributed by atoms with Crippen LogP contribution in [0.15, 0.2) is 35.5 Å². The lowest BCUT2D eigenvalue weighted by Gasteiger charge is -2.09. The van der Waals surface area contributed by atoms with Crippen molar-refractivity contribution < 1.29 is 13.5 Å². The number of hydrogen-bond donors (Lipinski definition) is 2. The van der Waals surface area contributed by atoms with Gasteiger partial charge in [0.05, 0.1) is 11.9 Å². The Hall–Kier alpha value is -2.02. The number of aromatic nitrogens is 2. The van der Waals surface area contributed by atoms with Crippen LogP contribution < -0.4 is 4.72 Å². The fraction of sp³-hybridized carbons (Fsp3) is 0.182. The second-order valence-electron chi connectivity index (χ2n) is 3.90. The fourth-order valence-electron chi connectivity index (χ4n) is 1.48. The van der Waals surface area contributed by atoms with Crippen LogP contribution in [0.25, 0.3) is 0 Å². The minimum atomic E-state index is -3.68. The maximum atomic E-state index is 12.0. The first kappa shape index (κ1) is 12.4. The van der Waals surface area contributed by atoms with E-state index < -0.39 is 10.0 Å². The highest BCUT2D eigenvalue weighted by molar-refractivity contribution is 7.92. The van der Waals surface area contributed by atoms with Gasteiger partial charge in [-0.05, 0) is 19.1 Å². The van der Waals surface area contributed by atoms with Gasteiger partial charge in [0.2, 0.25) is 0 Å². The number of hydrogen-bond acceptors (Lipinski definition) is 4. The van der Waals surface area contributed by atoms with E-state index >= 15 is 0 Å². The molecule has 0 saturated heterocycles. The summed E-state index contributed by atoms with van der Waals surface area (Å²) in [5.41, 5.74) is 0.823. The molecule has 2 rings (SSSR count). The number of phenolic OH excluding ortho intramolecular Hbond substituents is 1. The zero-order valence-corrected chi connectivity index (χ0v) is 10.8. The van der Waals surface area contributed by atoms with E-state index in [-0.39, 0.29) is 10.6 Å². The minimum Gasteiger partial charge on any atom is -0.508 e. The van der Waals surface area contributed by atoms with Crippen molar-refractivity contribution >= 4 is 15.7 Å². The summed E-state index contributed by atoms with van der Waals surface area (Å²) in [7, 11) is -2.04. The predicted molar refractivity (Wildman–Crippen MR) is 66.9 cm³/mol. The topological polar surface area (TPSA) is 84.2 Å². The molecule has 0 aliphatic heterocycles. The molecule has 0 unspecified atom stereocenters. The standard InChI is InChI=1S/C11H13N3O3S/c1-8-10(4-3-5-11(8)15)13-18(16,17)9-6-12-14(2)7-9/h3-7,13,15H,1-2H3. The van der Waals surface area contributed by atoms with E-state index in [2.05, 4.69) is 9.82 Å². The van der Waals surface area contributed by atoms with Gasteiger partial charge >= 0.3 is 0 Å². The first-order valence-corrected chi connectivity index (χ1v) is 6.68. The SMILES string of the molecule is Cc1c(O)cccc1NS(=O)(=O)c1cnn(C)c1. The number of aromatic hydroxyl groups is 1. The normalized spacial score (nSPS) is 11.4. The summed E-state index contributed by atoms with van der Waals surface area (Å²) in [4.78, 5) is 0.0766. The third-order valence-electron chi connectivity index (χ3n) is 2.54. The molecular formula is C11H13N3O3S. The number of anilines is 1. The molecule has 0 saturated carbocycles. The first-order chi connectivity index (χ1) is 8.40. The Morgan fingerprint density at radius 2 is 2.11 bits per heavy atom. The number of nitrogens with one attached hydrogen (secondary N) is 1. The maximum absolute atomic E-state index is 12.0. The van der Waals surface area contributed by atoms with Crippen molar-refractivity contribution in [2.45, 2.75) is 11.8 Å². The van der Waals surface area contributed by atoms with Crippen LogP contribution in [0.3, 0.4) is 0 Å². The van der Waals surface area contributed by atoms with E-state index in [0.717, 1.165) is 0 Å². The van der Waals surface area contributed by atoms with Gasteiger partial charge in [-0.2, -0.15) is 5.10 Å². The Balaban J connectivity index is 2.37. The quantitative estimate of drug-likeness (QED) is 0.876. The van der Waals surface area contributed by atoms with E-state index in [1.807, 2.05) is 0 Å². The fourth-order valence-corrected chi connectivity index (χ4v) is 2.58. The number of nitrogens with zero attached hydrogens (tertiary/aromatic N) is 2. The summed E-state index contributed by atoms with van der Waals surface area (Å²) >= 11 is 0. The van der Waals surface area contributed by atoms with E-state index in [0.29, 0.717) is 11.3 Å². The molecule has 1 aromatic carbocycles. The summed E-state index contributed by atoms with van der Waals surface area (Å²) in [5.74, 6) is 0.0430. The summed E-state index contributed by atoms with van der Waals surface area (Å²) in [6, 6.07) is 4.66. The van der Waals surface area contributed by atoms with Gasteiger partial charge < -0.3 is 5.11 Å². The molecule has 1 aromatic heterocycles. The third-order valence-corrected chi connectivity index (χ3v) is 3.86. The molecule has 1 heterocycles. The number of rotatable bonds is 3. The zero-order valence-electron chi connectivity index (χ0n) is 9.95. The largest absolute Gasteiger partial charge is 0.508 e. The van der Waals surface area contributed by atoms with Crippen molar-refractivity contribution in [1.29, 1.82) is 0 Å². The average molecular weight is 267 g/mol. The minimum absolute atomic E-state index is 0.0430. The lowest BCUT2D eigenvalue weighted by Crippen LogP contribution is -2.13. The summed E-state index contributed by atoms with van der Waals surface area (Å²) in [6.45, 7) is 1.64. The van der Waals surface area contributed by atoms with Gasteiger partial charge in [-0.3, -0.25) is 9.40 Å². The van der Waals surface area contributed by atoms with Crippen molar-refractivity contribution in [3.8, 4) is 5.75 Å². The number of benzene rings is 1. The Labute approximate surface area is 105 Å². The molecule has 0 aliphatic rings. The zero-order chi connectivity index (χ0) is 13.3. The lowest BCUT2D eigenvalue weighted by molar-refractivity contribution is 0.471. The highest BCUT2D eigenvalue weighted by Crippen LogP contribution is 2.25. The molecule has 0 atom stereocenters. The molecule has 2 aromatic rings. The summed E-state index contributed by atoms with van der Waals surface area (Å²) in [6.07, 6.45) is 2.67. The van der Waals surface area contributed by atoms with Crippen LogP contribution in [-0.4, -0.2) is 23.3 Å². The van der Waals surface area contributed by atoms with Gasteiger partial charge in [-0.15, -0.1) is 0 Å². The van der Waals surface area contributed by atoms with Crippen LogP contribution in [-0.2, 0) is 17.1 Å². The monoisotopic (exact) mass is 267 g/mol. The Bertz CT molecular complexity index is 677. The van der Waals surface area contributed by atoms with Crippen LogP contribution in [0.4, 0.5) is 5.69 Å². The van der Waals surface area contributed by atoms with Crippen molar-refractivity contribution in [2.24, 2.45) is 7.05 Å². The van der Waals surface area contributed by atoms with E-state index in [1.54, 1.807) is 26.1 Å². The van der Waals surface area contributed by atoms with Gasteiger partial charge in [0, 0.05) is 18.8 Å². The Morgan fingerprint density at radius 1 is 1.39 bits per heavy atom. The molecule has 7 heteroatoms. The Kier molecular flexibility index (Phi) is 3.00. The van der Waals surface area contributed by atoms with Crippen molar-refractivity contribution in [3.63, 3.8) is 0 Å². The number of aryl methyl sites for hydroxylation is 1. The molecule has 0 aliphatic carbocycles. The molecule has 0 radical (unpaired) electrons. The second-order valence-corrected chi connectivity index (χ2v) is 5.59. The van der Waals surface area contributed by atoms with E-state index in [4.69, 9.17) is 0 Å². The van der Waals surface area contributed by atoms with Crippen LogP contribution in [0.1, 0.15) is 5.56 Å². The molecule has 2 N–H and O–H groups in total. The smallest absolute Gasteiger partial charge is 0.265 e. The molecular weight excluding hydrogens is 254 g/mol. The molecule has 0 fully saturated rings. The van der Waals surface area contributed by atoms with Crippen LogP contribution >= 0.6 is 0 Å². The molecule has 0 amide bonds. The summed E-state index contributed by atoms with van der Waals surface area (Å²) < 4.78 is 27.9. The lowest BCUT2D eigenvalue weighted by atomic mass is 10.2. The number of sulfonamides is 1. The van der Waals surface area contributed by atoms with Gasteiger partial charge in [-0.1, -0.05) is 6.07 Å². The molecule has 18 heavy (non-hydrogen) atoms. The molecule has 0 bridgehead atoms. The Morgan fingerprint density at radius 3 is 2.72 bits per heavy atom. The van der Waals surface area contributed by atoms with Crippen molar-refractivity contribution in [1.82, 2.24) is 9.78 Å². The maximum Gasteiger partial charge on any atom is 0.265 e. The van der Waals surface area contributed by atoms with Crippen LogP contribution in [0, 0.1) is 6.92 Å². The predicted octanol–water partition coefficient (Wildman–Crippen LogP) is 1.23. The molecule has 6 nitrogen and oxygen atoms in total. The number of phenols is 1.